The van der Waals surface area contributed by atoms with Gasteiger partial charge in [-0.25, -0.2) is 0 Å². The summed E-state index contributed by atoms with van der Waals surface area (Å²) in [6.07, 6.45) is 1.32. The van der Waals surface area contributed by atoms with Gasteiger partial charge in [-0.05, 0) is 0 Å². The van der Waals surface area contributed by atoms with Crippen LogP contribution in [0.5, 0.6) is 0 Å². The van der Waals surface area contributed by atoms with E-state index in [1.807, 2.05) is 0 Å². The van der Waals surface area contributed by atoms with E-state index in [1.165, 1.54) is 13.3 Å². The molecule has 0 spiro atoms. The second-order valence-electron chi connectivity index (χ2n) is 2.68. The van der Waals surface area contributed by atoms with Crippen LogP contribution in [0.1, 0.15) is 13.8 Å². The molecule has 4 heteroatoms. The van der Waals surface area contributed by atoms with Crippen LogP contribution in [0.25, 0.3) is 0 Å². The van der Waals surface area contributed by atoms with Crippen molar-refractivity contribution in [3.8, 4) is 0 Å². The third kappa shape index (κ3) is 1.63. The van der Waals surface area contributed by atoms with E-state index >= 15 is 0 Å². The Bertz CT molecular complexity index is 208. The summed E-state index contributed by atoms with van der Waals surface area (Å²) in [5.74, 6) is -0.755. The van der Waals surface area contributed by atoms with Gasteiger partial charge in [0.15, 0.2) is 0 Å². The van der Waals surface area contributed by atoms with Gasteiger partial charge in [0.25, 0.3) is 5.91 Å². The Morgan fingerprint density at radius 3 is 2.64 bits per heavy atom. The van der Waals surface area contributed by atoms with Crippen LogP contribution < -0.4 is 5.32 Å². The highest BCUT2D eigenvalue weighted by atomic mass is 16.7. The predicted octanol–water partition coefficient (Wildman–Crippen LogP) is 0.357. The molecule has 1 aliphatic heterocycles. The molecule has 0 fully saturated rings. The molecule has 1 amide bonds. The van der Waals surface area contributed by atoms with E-state index < -0.39 is 5.79 Å². The lowest BCUT2D eigenvalue weighted by Crippen LogP contribution is -2.25. The van der Waals surface area contributed by atoms with E-state index in [0.29, 0.717) is 0 Å². The maximum atomic E-state index is 10.9. The van der Waals surface area contributed by atoms with E-state index in [1.54, 1.807) is 13.8 Å². The number of nitrogens with one attached hydrogen (secondary N) is 1. The Labute approximate surface area is 65.2 Å². The summed E-state index contributed by atoms with van der Waals surface area (Å²) < 4.78 is 10.2. The van der Waals surface area contributed by atoms with Crippen molar-refractivity contribution in [2.45, 2.75) is 19.6 Å². The fraction of sp³-hybridized carbons (Fsp3) is 0.571. The summed E-state index contributed by atoms with van der Waals surface area (Å²) in [6, 6.07) is 0. The minimum Gasteiger partial charge on any atom is -0.456 e. The smallest absolute Gasteiger partial charge is 0.289 e. The number of carbonyl (C=O) groups is 1. The maximum Gasteiger partial charge on any atom is 0.289 e. The van der Waals surface area contributed by atoms with Gasteiger partial charge >= 0.3 is 0 Å². The Balaban J connectivity index is 2.60. The number of carbonyl (C=O) groups excluding carboxylic acids is 1. The Hall–Kier alpha value is -1.19. The van der Waals surface area contributed by atoms with Gasteiger partial charge in [0, 0.05) is 20.9 Å². The predicted molar refractivity (Wildman–Crippen MR) is 38.4 cm³/mol. The summed E-state index contributed by atoms with van der Waals surface area (Å²) in [6.45, 7) is 3.47. The van der Waals surface area contributed by atoms with E-state index in [-0.39, 0.29) is 11.7 Å². The second kappa shape index (κ2) is 2.45. The average Bonchev–Trinajstić information content (AvgIpc) is 2.29. The number of amides is 1. The molecule has 0 unspecified atom stereocenters. The van der Waals surface area contributed by atoms with Gasteiger partial charge in [0.2, 0.25) is 11.5 Å². The second-order valence-corrected chi connectivity index (χ2v) is 2.68. The molecule has 0 aromatic heterocycles. The minimum atomic E-state index is -0.707. The van der Waals surface area contributed by atoms with Crippen molar-refractivity contribution in [3.05, 3.63) is 12.0 Å². The number of hydrogen-bond donors (Lipinski definition) is 1. The lowest BCUT2D eigenvalue weighted by Gasteiger charge is -2.17. The number of ether oxygens (including phenoxy) is 2. The molecule has 0 aromatic rings. The molecule has 0 bridgehead atoms. The van der Waals surface area contributed by atoms with Gasteiger partial charge in [-0.2, -0.15) is 0 Å². The molecule has 0 radical (unpaired) electrons. The molecule has 1 heterocycles. The standard InChI is InChI=1S/C7H11NO3/c1-7(2)10-4-5(11-7)6(9)8-3/h4H,1-3H3,(H,8,9). The van der Waals surface area contributed by atoms with Crippen molar-refractivity contribution < 1.29 is 14.3 Å². The van der Waals surface area contributed by atoms with Crippen LogP contribution in [0.4, 0.5) is 0 Å². The third-order valence-electron chi connectivity index (χ3n) is 1.26. The number of hydrogen-bond acceptors (Lipinski definition) is 3. The van der Waals surface area contributed by atoms with E-state index in [4.69, 9.17) is 9.47 Å². The van der Waals surface area contributed by atoms with Gasteiger partial charge in [-0.3, -0.25) is 4.79 Å². The molecular formula is C7H11NO3. The first-order valence-electron chi connectivity index (χ1n) is 3.34. The van der Waals surface area contributed by atoms with Crippen LogP contribution >= 0.6 is 0 Å². The van der Waals surface area contributed by atoms with Crippen LogP contribution in [-0.4, -0.2) is 18.7 Å². The normalized spacial score (nSPS) is 19.7. The van der Waals surface area contributed by atoms with E-state index in [0.717, 1.165) is 0 Å². The number of rotatable bonds is 1. The third-order valence-corrected chi connectivity index (χ3v) is 1.26. The van der Waals surface area contributed by atoms with Crippen LogP contribution in [0, 0.1) is 0 Å². The first kappa shape index (κ1) is 7.91. The van der Waals surface area contributed by atoms with Crippen molar-refractivity contribution in [2.24, 2.45) is 0 Å². The average molecular weight is 157 g/mol. The monoisotopic (exact) mass is 157 g/mol. The van der Waals surface area contributed by atoms with Crippen molar-refractivity contribution in [3.63, 3.8) is 0 Å². The lowest BCUT2D eigenvalue weighted by atomic mass is 10.4. The van der Waals surface area contributed by atoms with Crippen LogP contribution in [0.3, 0.4) is 0 Å². The highest BCUT2D eigenvalue weighted by Gasteiger charge is 2.30. The van der Waals surface area contributed by atoms with Crippen LogP contribution in [0.15, 0.2) is 12.0 Å². The van der Waals surface area contributed by atoms with Gasteiger partial charge in [0.1, 0.15) is 6.26 Å². The SMILES string of the molecule is CNC(=O)C1=COC(C)(C)O1. The zero-order chi connectivity index (χ0) is 8.48. The van der Waals surface area contributed by atoms with Gasteiger partial charge < -0.3 is 14.8 Å². The van der Waals surface area contributed by atoms with Crippen LogP contribution in [-0.2, 0) is 14.3 Å². The van der Waals surface area contributed by atoms with E-state index in [9.17, 15) is 4.79 Å². The molecule has 1 aliphatic rings. The number of likely N-dealkylation sites (N-methyl/N-ethyl adjacent to an activating group) is 1. The van der Waals surface area contributed by atoms with Crippen molar-refractivity contribution in [1.29, 1.82) is 0 Å². The molecule has 1 rings (SSSR count). The van der Waals surface area contributed by atoms with Crippen molar-refractivity contribution >= 4 is 5.91 Å². The Morgan fingerprint density at radius 2 is 2.27 bits per heavy atom. The molecule has 0 atom stereocenters. The van der Waals surface area contributed by atoms with E-state index in [2.05, 4.69) is 5.32 Å². The fourth-order valence-corrected chi connectivity index (χ4v) is 0.731. The molecule has 4 nitrogen and oxygen atoms in total. The van der Waals surface area contributed by atoms with Gasteiger partial charge in [0.05, 0.1) is 0 Å². The lowest BCUT2D eigenvalue weighted by molar-refractivity contribution is -0.136. The molecule has 0 saturated heterocycles. The topological polar surface area (TPSA) is 47.6 Å². The van der Waals surface area contributed by atoms with Crippen molar-refractivity contribution in [1.82, 2.24) is 5.32 Å². The van der Waals surface area contributed by atoms with Gasteiger partial charge in [-0.1, -0.05) is 0 Å². The molecule has 0 aliphatic carbocycles. The molecule has 62 valence electrons. The summed E-state index contributed by atoms with van der Waals surface area (Å²) >= 11 is 0. The zero-order valence-corrected chi connectivity index (χ0v) is 6.80. The molecule has 0 aromatic carbocycles. The highest BCUT2D eigenvalue weighted by Crippen LogP contribution is 2.23. The summed E-state index contributed by atoms with van der Waals surface area (Å²) in [5, 5.41) is 2.43. The summed E-state index contributed by atoms with van der Waals surface area (Å²) in [5.41, 5.74) is 0. The first-order chi connectivity index (χ1) is 5.05. The molecule has 11 heavy (non-hydrogen) atoms. The fourth-order valence-electron chi connectivity index (χ4n) is 0.731. The first-order valence-corrected chi connectivity index (χ1v) is 3.34. The summed E-state index contributed by atoms with van der Waals surface area (Å²) in [7, 11) is 1.54. The van der Waals surface area contributed by atoms with Crippen LogP contribution in [0.2, 0.25) is 0 Å². The van der Waals surface area contributed by atoms with Gasteiger partial charge in [-0.15, -0.1) is 0 Å². The molecule has 1 N–H and O–H groups in total. The summed E-state index contributed by atoms with van der Waals surface area (Å²) in [4.78, 5) is 10.9. The minimum absolute atomic E-state index is 0.220. The Kier molecular flexibility index (Phi) is 1.76. The molecular weight excluding hydrogens is 146 g/mol. The maximum absolute atomic E-state index is 10.9. The zero-order valence-electron chi connectivity index (χ0n) is 6.80. The van der Waals surface area contributed by atoms with Crippen molar-refractivity contribution in [2.75, 3.05) is 7.05 Å². The molecule has 0 saturated carbocycles. The highest BCUT2D eigenvalue weighted by molar-refractivity contribution is 5.91. The Morgan fingerprint density at radius 1 is 1.64 bits per heavy atom. The largest absolute Gasteiger partial charge is 0.456 e. The quantitative estimate of drug-likeness (QED) is 0.597.